The largest absolute Gasteiger partial charge is 0.463 e. The smallest absolute Gasteiger partial charge is 0.302 e. The summed E-state index contributed by atoms with van der Waals surface area (Å²) in [4.78, 5) is 37.1. The lowest BCUT2D eigenvalue weighted by Gasteiger charge is -2.59. The van der Waals surface area contributed by atoms with Crippen LogP contribution in [-0.4, -0.2) is 23.6 Å². The number of hydrogen-bond donors (Lipinski definition) is 0. The van der Waals surface area contributed by atoms with Gasteiger partial charge in [0.05, 0.1) is 0 Å². The van der Waals surface area contributed by atoms with Gasteiger partial charge in [0.15, 0.2) is 0 Å². The number of carbonyl (C=O) groups is 3. The summed E-state index contributed by atoms with van der Waals surface area (Å²) >= 11 is 0. The summed E-state index contributed by atoms with van der Waals surface area (Å²) in [6, 6.07) is 0. The minimum atomic E-state index is -0.192. The van der Waals surface area contributed by atoms with Gasteiger partial charge >= 0.3 is 5.97 Å². The monoisotopic (exact) mass is 374 g/mol. The van der Waals surface area contributed by atoms with Crippen molar-refractivity contribution < 1.29 is 19.1 Å². The van der Waals surface area contributed by atoms with Crippen LogP contribution < -0.4 is 0 Å². The summed E-state index contributed by atoms with van der Waals surface area (Å²) in [5, 5.41) is 0. The number of rotatable bonds is 2. The Hall–Kier alpha value is -1.19. The Labute approximate surface area is 162 Å². The molecule has 4 heteroatoms. The zero-order valence-electron chi connectivity index (χ0n) is 17.3. The van der Waals surface area contributed by atoms with Crippen LogP contribution in [0.25, 0.3) is 0 Å². The van der Waals surface area contributed by atoms with Crippen molar-refractivity contribution in [3.05, 3.63) is 0 Å². The second kappa shape index (κ2) is 6.42. The summed E-state index contributed by atoms with van der Waals surface area (Å²) in [5.74, 6) is 2.11. The SMILES string of the molecule is CC(=O)O[C@H]1CC[C@@]2(C)[C@@H](CC[C@@H]3[C@H]2C(=O)C[C@]2(C)[C@H](C(C)=O)CC[C@@H]32)C1. The van der Waals surface area contributed by atoms with Crippen LogP contribution in [-0.2, 0) is 19.1 Å². The van der Waals surface area contributed by atoms with Gasteiger partial charge in [0.25, 0.3) is 0 Å². The van der Waals surface area contributed by atoms with Crippen molar-refractivity contribution in [2.24, 2.45) is 40.4 Å². The summed E-state index contributed by atoms with van der Waals surface area (Å²) in [6.45, 7) is 7.75. The number of esters is 1. The Balaban J connectivity index is 1.60. The van der Waals surface area contributed by atoms with E-state index in [1.807, 2.05) is 0 Å². The highest BCUT2D eigenvalue weighted by Gasteiger charge is 2.63. The molecule has 4 rings (SSSR count). The zero-order chi connectivity index (χ0) is 19.6. The molecule has 4 aliphatic carbocycles. The highest BCUT2D eigenvalue weighted by molar-refractivity contribution is 5.87. The molecule has 150 valence electrons. The maximum Gasteiger partial charge on any atom is 0.302 e. The predicted octanol–water partition coefficient (Wildman–Crippen LogP) is 4.35. The van der Waals surface area contributed by atoms with E-state index in [0.717, 1.165) is 44.9 Å². The Morgan fingerprint density at radius 1 is 1.00 bits per heavy atom. The van der Waals surface area contributed by atoms with E-state index in [9.17, 15) is 14.4 Å². The van der Waals surface area contributed by atoms with E-state index in [1.54, 1.807) is 6.92 Å². The molecule has 8 atom stereocenters. The molecule has 0 amide bonds. The predicted molar refractivity (Wildman–Crippen MR) is 102 cm³/mol. The second-order valence-corrected chi connectivity index (χ2v) is 10.4. The molecule has 0 aliphatic heterocycles. The molecule has 4 saturated carbocycles. The summed E-state index contributed by atoms with van der Waals surface area (Å²) in [5.41, 5.74) is -0.0888. The van der Waals surface area contributed by atoms with Crippen molar-refractivity contribution in [2.45, 2.75) is 85.2 Å². The molecule has 0 N–H and O–H groups in total. The van der Waals surface area contributed by atoms with Crippen LogP contribution in [0.15, 0.2) is 0 Å². The van der Waals surface area contributed by atoms with Crippen molar-refractivity contribution >= 4 is 17.5 Å². The van der Waals surface area contributed by atoms with Crippen molar-refractivity contribution in [1.29, 1.82) is 0 Å². The van der Waals surface area contributed by atoms with Crippen LogP contribution in [0.5, 0.6) is 0 Å². The molecule has 4 fully saturated rings. The van der Waals surface area contributed by atoms with Crippen molar-refractivity contribution in [1.82, 2.24) is 0 Å². The minimum Gasteiger partial charge on any atom is -0.463 e. The van der Waals surface area contributed by atoms with Crippen molar-refractivity contribution in [3.8, 4) is 0 Å². The highest BCUT2D eigenvalue weighted by Crippen LogP contribution is 2.66. The van der Waals surface area contributed by atoms with E-state index < -0.39 is 0 Å². The Morgan fingerprint density at radius 3 is 2.41 bits per heavy atom. The minimum absolute atomic E-state index is 0.0228. The highest BCUT2D eigenvalue weighted by atomic mass is 16.5. The number of ether oxygens (including phenoxy) is 1. The van der Waals surface area contributed by atoms with Crippen LogP contribution in [0.2, 0.25) is 0 Å². The first kappa shape index (κ1) is 19.1. The van der Waals surface area contributed by atoms with Gasteiger partial charge in [-0.15, -0.1) is 0 Å². The third-order valence-corrected chi connectivity index (χ3v) is 9.12. The average molecular weight is 375 g/mol. The van der Waals surface area contributed by atoms with E-state index in [-0.39, 0.29) is 40.5 Å². The van der Waals surface area contributed by atoms with E-state index >= 15 is 0 Å². The van der Waals surface area contributed by atoms with Gasteiger partial charge in [-0.1, -0.05) is 13.8 Å². The quantitative estimate of drug-likeness (QED) is 0.675. The van der Waals surface area contributed by atoms with Crippen LogP contribution in [0, 0.1) is 40.4 Å². The molecule has 0 aromatic carbocycles. The van der Waals surface area contributed by atoms with E-state index in [1.165, 1.54) is 6.92 Å². The van der Waals surface area contributed by atoms with Gasteiger partial charge in [0, 0.05) is 25.2 Å². The molecule has 27 heavy (non-hydrogen) atoms. The van der Waals surface area contributed by atoms with E-state index in [4.69, 9.17) is 4.74 Å². The number of ketones is 2. The van der Waals surface area contributed by atoms with Gasteiger partial charge < -0.3 is 4.74 Å². The Kier molecular flexibility index (Phi) is 4.55. The molecule has 4 aliphatic rings. The van der Waals surface area contributed by atoms with Crippen molar-refractivity contribution in [3.63, 3.8) is 0 Å². The molecule has 0 spiro atoms. The maximum atomic E-state index is 13.5. The van der Waals surface area contributed by atoms with E-state index in [0.29, 0.717) is 30.0 Å². The fraction of sp³-hybridized carbons (Fsp3) is 0.870. The van der Waals surface area contributed by atoms with Crippen molar-refractivity contribution in [2.75, 3.05) is 0 Å². The third-order valence-electron chi connectivity index (χ3n) is 9.12. The molecular formula is C23H34O4. The van der Waals surface area contributed by atoms with Gasteiger partial charge in [-0.3, -0.25) is 14.4 Å². The van der Waals surface area contributed by atoms with E-state index in [2.05, 4.69) is 13.8 Å². The summed E-state index contributed by atoms with van der Waals surface area (Å²) in [6.07, 6.45) is 7.64. The molecule has 0 radical (unpaired) electrons. The number of Topliss-reactive ketones (excluding diaryl/α,β-unsaturated/α-hetero) is 2. The molecule has 0 bridgehead atoms. The first-order valence-corrected chi connectivity index (χ1v) is 10.9. The van der Waals surface area contributed by atoms with Gasteiger partial charge in [-0.05, 0) is 80.5 Å². The first-order valence-electron chi connectivity index (χ1n) is 10.9. The molecule has 0 aromatic heterocycles. The molecule has 4 nitrogen and oxygen atoms in total. The molecule has 0 aromatic rings. The van der Waals surface area contributed by atoms with Gasteiger partial charge in [0.2, 0.25) is 0 Å². The van der Waals surface area contributed by atoms with Crippen LogP contribution in [0.3, 0.4) is 0 Å². The van der Waals surface area contributed by atoms with Crippen LogP contribution in [0.4, 0.5) is 0 Å². The lowest BCUT2D eigenvalue weighted by Crippen LogP contribution is -2.58. The second-order valence-electron chi connectivity index (χ2n) is 10.4. The van der Waals surface area contributed by atoms with Gasteiger partial charge in [-0.25, -0.2) is 0 Å². The lowest BCUT2D eigenvalue weighted by atomic mass is 9.44. The van der Waals surface area contributed by atoms with Gasteiger partial charge in [-0.2, -0.15) is 0 Å². The zero-order valence-corrected chi connectivity index (χ0v) is 17.3. The first-order chi connectivity index (χ1) is 12.7. The maximum absolute atomic E-state index is 13.5. The lowest BCUT2D eigenvalue weighted by molar-refractivity contribution is -0.169. The van der Waals surface area contributed by atoms with Crippen LogP contribution >= 0.6 is 0 Å². The molecule has 0 saturated heterocycles. The Bertz CT molecular complexity index is 669. The number of fused-ring (bicyclic) bond motifs is 5. The standard InChI is InChI=1S/C23H34O4/c1-13(24)18-7-8-19-17-6-5-15-11-16(27-14(2)25)9-10-22(15,3)21(17)20(26)12-23(18,19)4/h15-19,21H,5-12H2,1-4H3/t15-,16-,17-,18-,19-,21-,22-,23+/m0/s1. The fourth-order valence-electron chi connectivity index (χ4n) is 8.04. The van der Waals surface area contributed by atoms with Crippen LogP contribution in [0.1, 0.15) is 79.1 Å². The molecule has 0 heterocycles. The summed E-state index contributed by atoms with van der Waals surface area (Å²) < 4.78 is 5.51. The van der Waals surface area contributed by atoms with Gasteiger partial charge in [0.1, 0.15) is 17.7 Å². The number of carbonyl (C=O) groups excluding carboxylic acids is 3. The summed E-state index contributed by atoms with van der Waals surface area (Å²) in [7, 11) is 0. The topological polar surface area (TPSA) is 60.4 Å². The molecular weight excluding hydrogens is 340 g/mol. The number of hydrogen-bond acceptors (Lipinski definition) is 4. The Morgan fingerprint density at radius 2 is 1.74 bits per heavy atom. The fourth-order valence-corrected chi connectivity index (χ4v) is 8.04. The molecule has 0 unspecified atom stereocenters. The normalized spacial score (nSPS) is 49.0. The third kappa shape index (κ3) is 2.81. The average Bonchev–Trinajstić information content (AvgIpc) is 2.91.